The Hall–Kier alpha value is -1.59. The summed E-state index contributed by atoms with van der Waals surface area (Å²) < 4.78 is 0. The third-order valence-electron chi connectivity index (χ3n) is 3.26. The van der Waals surface area contributed by atoms with E-state index >= 15 is 0 Å². The molecule has 20 heavy (non-hydrogen) atoms. The maximum atomic E-state index is 9.38. The van der Waals surface area contributed by atoms with Gasteiger partial charge in [-0.05, 0) is 17.9 Å². The van der Waals surface area contributed by atoms with E-state index in [9.17, 15) is 5.11 Å². The van der Waals surface area contributed by atoms with Crippen molar-refractivity contribution in [2.45, 2.75) is 32.2 Å². The molecule has 5 N–H and O–H groups in total. The smallest absolute Gasteiger partial charge is 0.147 e. The Kier molecular flexibility index (Phi) is 7.04. The largest absolute Gasteiger partial charge is 0.409 e. The molecule has 112 valence electrons. The number of hydrogen-bond donors (Lipinski definition) is 4. The van der Waals surface area contributed by atoms with Gasteiger partial charge in [-0.2, -0.15) is 0 Å². The highest BCUT2D eigenvalue weighted by Crippen LogP contribution is 2.15. The number of aliphatic hydroxyl groups is 1. The first-order valence-corrected chi connectivity index (χ1v) is 6.95. The topological polar surface area (TPSA) is 90.9 Å². The van der Waals surface area contributed by atoms with Gasteiger partial charge in [-0.25, -0.2) is 0 Å². The lowest BCUT2D eigenvalue weighted by atomic mass is 9.97. The first-order chi connectivity index (χ1) is 9.58. The Morgan fingerprint density at radius 2 is 1.95 bits per heavy atom. The van der Waals surface area contributed by atoms with Crippen molar-refractivity contribution in [2.24, 2.45) is 16.8 Å². The lowest BCUT2D eigenvalue weighted by Crippen LogP contribution is -2.39. The number of hydrogen-bond acceptors (Lipinski definition) is 4. The Labute approximate surface area is 120 Å². The molecule has 0 aliphatic rings. The van der Waals surface area contributed by atoms with Crippen LogP contribution in [0.3, 0.4) is 0 Å². The lowest BCUT2D eigenvalue weighted by molar-refractivity contribution is 0.224. The molecule has 0 saturated heterocycles. The first kappa shape index (κ1) is 16.5. The molecule has 5 nitrogen and oxygen atoms in total. The summed E-state index contributed by atoms with van der Waals surface area (Å²) in [5.74, 6) is 0.464. The number of nitrogens with one attached hydrogen (secondary N) is 1. The predicted octanol–water partition coefficient (Wildman–Crippen LogP) is 1.51. The van der Waals surface area contributed by atoms with Gasteiger partial charge in [-0.1, -0.05) is 49.3 Å². The molecule has 2 unspecified atom stereocenters. The summed E-state index contributed by atoms with van der Waals surface area (Å²) in [5, 5.41) is 24.7. The van der Waals surface area contributed by atoms with E-state index in [-0.39, 0.29) is 24.4 Å². The second kappa shape index (κ2) is 8.55. The van der Waals surface area contributed by atoms with E-state index in [1.165, 1.54) is 0 Å². The molecule has 1 rings (SSSR count). The third-order valence-corrected chi connectivity index (χ3v) is 3.26. The highest BCUT2D eigenvalue weighted by atomic mass is 16.4. The van der Waals surface area contributed by atoms with Crippen LogP contribution >= 0.6 is 0 Å². The van der Waals surface area contributed by atoms with Crippen molar-refractivity contribution >= 4 is 5.84 Å². The van der Waals surface area contributed by atoms with E-state index in [1.807, 2.05) is 30.3 Å². The van der Waals surface area contributed by atoms with E-state index in [4.69, 9.17) is 10.9 Å². The molecule has 0 radical (unpaired) electrons. The summed E-state index contributed by atoms with van der Waals surface area (Å²) in [7, 11) is 0. The zero-order valence-corrected chi connectivity index (χ0v) is 12.2. The summed E-state index contributed by atoms with van der Waals surface area (Å²) in [6.07, 6.45) is 0.883. The van der Waals surface area contributed by atoms with Crippen molar-refractivity contribution in [3.05, 3.63) is 35.9 Å². The second-order valence-corrected chi connectivity index (χ2v) is 5.41. The molecule has 5 heteroatoms. The maximum absolute atomic E-state index is 9.38. The molecule has 0 aromatic heterocycles. The highest BCUT2D eigenvalue weighted by Gasteiger charge is 2.18. The molecule has 0 aliphatic heterocycles. The quantitative estimate of drug-likeness (QED) is 0.251. The second-order valence-electron chi connectivity index (χ2n) is 5.41. The summed E-state index contributed by atoms with van der Waals surface area (Å²) in [6, 6.07) is 9.68. The predicted molar refractivity (Wildman–Crippen MR) is 80.9 cm³/mol. The van der Waals surface area contributed by atoms with E-state index in [1.54, 1.807) is 0 Å². The fourth-order valence-electron chi connectivity index (χ4n) is 2.22. The third kappa shape index (κ3) is 5.19. The Morgan fingerprint density at radius 3 is 2.45 bits per heavy atom. The molecule has 0 fully saturated rings. The number of aliphatic hydroxyl groups excluding tert-OH is 1. The number of rotatable bonds is 8. The summed E-state index contributed by atoms with van der Waals surface area (Å²) in [4.78, 5) is 0. The summed E-state index contributed by atoms with van der Waals surface area (Å²) in [5.41, 5.74) is 6.76. The minimum atomic E-state index is -0.206. The molecule has 0 saturated carbocycles. The fraction of sp³-hybridized carbons (Fsp3) is 0.533. The zero-order valence-electron chi connectivity index (χ0n) is 12.2. The van der Waals surface area contributed by atoms with Crippen molar-refractivity contribution in [2.75, 3.05) is 13.2 Å². The standard InChI is InChI=1S/C15H25N3O2/c1-11(2)8-13(10-19)17-9-14(15(16)18-20)12-6-4-3-5-7-12/h3-7,11,13-14,17,19-20H,8-10H2,1-2H3,(H2,16,18). The van der Waals surface area contributed by atoms with E-state index in [0.29, 0.717) is 12.5 Å². The van der Waals surface area contributed by atoms with Crippen molar-refractivity contribution < 1.29 is 10.3 Å². The number of nitrogens with two attached hydrogens (primary N) is 1. The van der Waals surface area contributed by atoms with E-state index in [2.05, 4.69) is 24.3 Å². The molecular formula is C15H25N3O2. The monoisotopic (exact) mass is 279 g/mol. The van der Waals surface area contributed by atoms with E-state index in [0.717, 1.165) is 12.0 Å². The highest BCUT2D eigenvalue weighted by molar-refractivity contribution is 5.87. The molecule has 0 amide bonds. The average molecular weight is 279 g/mol. The van der Waals surface area contributed by atoms with Gasteiger partial charge in [-0.3, -0.25) is 0 Å². The normalized spacial score (nSPS) is 15.3. The lowest BCUT2D eigenvalue weighted by Gasteiger charge is -2.22. The van der Waals surface area contributed by atoms with Gasteiger partial charge in [0.25, 0.3) is 0 Å². The van der Waals surface area contributed by atoms with Gasteiger partial charge < -0.3 is 21.4 Å². The SMILES string of the molecule is CC(C)CC(CO)NCC(C(N)=NO)c1ccccc1. The Balaban J connectivity index is 2.72. The maximum Gasteiger partial charge on any atom is 0.147 e. The molecular weight excluding hydrogens is 254 g/mol. The van der Waals surface area contributed by atoms with Crippen LogP contribution in [-0.2, 0) is 0 Å². The molecule has 0 bridgehead atoms. The van der Waals surface area contributed by atoms with Crippen LogP contribution < -0.4 is 11.1 Å². The van der Waals surface area contributed by atoms with Crippen LogP contribution in [0.4, 0.5) is 0 Å². The van der Waals surface area contributed by atoms with Gasteiger partial charge in [0, 0.05) is 12.6 Å². The number of oxime groups is 1. The van der Waals surface area contributed by atoms with Crippen molar-refractivity contribution in [1.82, 2.24) is 5.32 Å². The Bertz CT molecular complexity index is 407. The van der Waals surface area contributed by atoms with Crippen molar-refractivity contribution in [3.8, 4) is 0 Å². The molecule has 2 atom stereocenters. The Morgan fingerprint density at radius 1 is 1.30 bits per heavy atom. The molecule has 1 aromatic carbocycles. The average Bonchev–Trinajstić information content (AvgIpc) is 2.46. The van der Waals surface area contributed by atoms with Crippen LogP contribution in [0, 0.1) is 5.92 Å². The van der Waals surface area contributed by atoms with Crippen LogP contribution in [0.2, 0.25) is 0 Å². The number of nitrogens with zero attached hydrogens (tertiary/aromatic N) is 1. The van der Waals surface area contributed by atoms with Gasteiger partial charge in [-0.15, -0.1) is 0 Å². The van der Waals surface area contributed by atoms with Crippen LogP contribution in [0.15, 0.2) is 35.5 Å². The van der Waals surface area contributed by atoms with Gasteiger partial charge >= 0.3 is 0 Å². The number of benzene rings is 1. The minimum Gasteiger partial charge on any atom is -0.409 e. The zero-order chi connectivity index (χ0) is 15.0. The summed E-state index contributed by atoms with van der Waals surface area (Å²) >= 11 is 0. The molecule has 0 aliphatic carbocycles. The van der Waals surface area contributed by atoms with Gasteiger partial charge in [0.1, 0.15) is 5.84 Å². The van der Waals surface area contributed by atoms with Crippen LogP contribution in [-0.4, -0.2) is 35.3 Å². The van der Waals surface area contributed by atoms with Crippen molar-refractivity contribution in [1.29, 1.82) is 0 Å². The van der Waals surface area contributed by atoms with Crippen LogP contribution in [0.25, 0.3) is 0 Å². The van der Waals surface area contributed by atoms with Gasteiger partial charge in [0.2, 0.25) is 0 Å². The number of amidine groups is 1. The molecule has 0 spiro atoms. The van der Waals surface area contributed by atoms with Crippen LogP contribution in [0.1, 0.15) is 31.7 Å². The van der Waals surface area contributed by atoms with E-state index < -0.39 is 0 Å². The minimum absolute atomic E-state index is 0.0210. The summed E-state index contributed by atoms with van der Waals surface area (Å²) in [6.45, 7) is 4.83. The molecule has 1 aromatic rings. The first-order valence-electron chi connectivity index (χ1n) is 6.95. The van der Waals surface area contributed by atoms with Crippen molar-refractivity contribution in [3.63, 3.8) is 0 Å². The van der Waals surface area contributed by atoms with Gasteiger partial charge in [0.05, 0.1) is 12.5 Å². The van der Waals surface area contributed by atoms with Gasteiger partial charge in [0.15, 0.2) is 0 Å². The molecule has 0 heterocycles. The van der Waals surface area contributed by atoms with Crippen LogP contribution in [0.5, 0.6) is 0 Å². The fourth-order valence-corrected chi connectivity index (χ4v) is 2.22.